The van der Waals surface area contributed by atoms with Crippen LogP contribution < -0.4 is 0 Å². The Hall–Kier alpha value is -4.13. The Balaban J connectivity index is 1.61. The maximum absolute atomic E-state index is 6.36. The second-order valence-electron chi connectivity index (χ2n) is 8.71. The SMILES string of the molecule is Clc1cccc(-c2ccc(-c3cccc4cccc(-c5ccccc5)c34)cc2-c2ccccc2)c1. The standard InChI is InChI=1S/C34H23Cl/c35-29-17-7-16-27(22-29)30-21-20-28(23-33(30)25-12-5-2-6-13-25)32-19-9-15-26-14-8-18-31(34(26)32)24-10-3-1-4-11-24/h1-23H. The minimum Gasteiger partial charge on any atom is -0.0843 e. The van der Waals surface area contributed by atoms with Gasteiger partial charge in [-0.1, -0.05) is 133 Å². The number of fused-ring (bicyclic) bond motifs is 1. The van der Waals surface area contributed by atoms with Crippen LogP contribution in [-0.2, 0) is 0 Å². The molecule has 0 spiro atoms. The van der Waals surface area contributed by atoms with E-state index in [2.05, 4.69) is 121 Å². The Kier molecular flexibility index (Phi) is 5.66. The zero-order chi connectivity index (χ0) is 23.6. The third-order valence-electron chi connectivity index (χ3n) is 6.54. The summed E-state index contributed by atoms with van der Waals surface area (Å²) in [5, 5.41) is 3.26. The first-order chi connectivity index (χ1) is 17.3. The van der Waals surface area contributed by atoms with E-state index in [4.69, 9.17) is 11.6 Å². The number of benzene rings is 6. The molecule has 6 rings (SSSR count). The fourth-order valence-corrected chi connectivity index (χ4v) is 5.11. The second-order valence-corrected chi connectivity index (χ2v) is 9.15. The lowest BCUT2D eigenvalue weighted by Gasteiger charge is -2.16. The molecular weight excluding hydrogens is 444 g/mol. The normalized spacial score (nSPS) is 11.0. The van der Waals surface area contributed by atoms with Crippen molar-refractivity contribution in [2.45, 2.75) is 0 Å². The Morgan fingerprint density at radius 3 is 1.54 bits per heavy atom. The Labute approximate surface area is 211 Å². The molecule has 0 unspecified atom stereocenters. The fourth-order valence-electron chi connectivity index (χ4n) is 4.92. The first-order valence-electron chi connectivity index (χ1n) is 11.8. The van der Waals surface area contributed by atoms with Gasteiger partial charge in [0.1, 0.15) is 0 Å². The van der Waals surface area contributed by atoms with Crippen molar-refractivity contribution in [3.05, 3.63) is 145 Å². The fraction of sp³-hybridized carbons (Fsp3) is 0. The molecule has 0 bridgehead atoms. The number of hydrogen-bond acceptors (Lipinski definition) is 0. The summed E-state index contributed by atoms with van der Waals surface area (Å²) < 4.78 is 0. The summed E-state index contributed by atoms with van der Waals surface area (Å²) in [6.07, 6.45) is 0. The van der Waals surface area contributed by atoms with Gasteiger partial charge in [-0.25, -0.2) is 0 Å². The second kappa shape index (κ2) is 9.25. The largest absolute Gasteiger partial charge is 0.0843 e. The van der Waals surface area contributed by atoms with Gasteiger partial charge in [0.2, 0.25) is 0 Å². The summed E-state index contributed by atoms with van der Waals surface area (Å²) in [6, 6.07) is 49.3. The molecular formula is C34H23Cl. The third kappa shape index (κ3) is 4.14. The highest BCUT2D eigenvalue weighted by atomic mass is 35.5. The average Bonchev–Trinajstić information content (AvgIpc) is 2.93. The van der Waals surface area contributed by atoms with Crippen LogP contribution >= 0.6 is 11.6 Å². The van der Waals surface area contributed by atoms with E-state index < -0.39 is 0 Å². The summed E-state index contributed by atoms with van der Waals surface area (Å²) in [4.78, 5) is 0. The van der Waals surface area contributed by atoms with Gasteiger partial charge in [0.25, 0.3) is 0 Å². The predicted octanol–water partition coefficient (Wildman–Crippen LogP) is 10.2. The van der Waals surface area contributed by atoms with Crippen LogP contribution in [0.1, 0.15) is 0 Å². The number of halogens is 1. The minimum absolute atomic E-state index is 0.743. The van der Waals surface area contributed by atoms with Crippen molar-refractivity contribution in [1.29, 1.82) is 0 Å². The molecule has 0 saturated heterocycles. The zero-order valence-electron chi connectivity index (χ0n) is 19.2. The number of hydrogen-bond donors (Lipinski definition) is 0. The van der Waals surface area contributed by atoms with Crippen LogP contribution in [0.4, 0.5) is 0 Å². The van der Waals surface area contributed by atoms with E-state index in [1.807, 2.05) is 18.2 Å². The van der Waals surface area contributed by atoms with Crippen LogP contribution in [0, 0.1) is 0 Å². The molecule has 0 aliphatic carbocycles. The molecule has 0 fully saturated rings. The lowest BCUT2D eigenvalue weighted by Crippen LogP contribution is -1.90. The lowest BCUT2D eigenvalue weighted by atomic mass is 9.88. The van der Waals surface area contributed by atoms with Crippen molar-refractivity contribution in [2.24, 2.45) is 0 Å². The lowest BCUT2D eigenvalue weighted by molar-refractivity contribution is 1.57. The van der Waals surface area contributed by atoms with Crippen LogP contribution in [0.5, 0.6) is 0 Å². The van der Waals surface area contributed by atoms with E-state index in [-0.39, 0.29) is 0 Å². The van der Waals surface area contributed by atoms with Crippen molar-refractivity contribution >= 4 is 22.4 Å². The molecule has 166 valence electrons. The van der Waals surface area contributed by atoms with E-state index >= 15 is 0 Å². The average molecular weight is 467 g/mol. The van der Waals surface area contributed by atoms with Crippen LogP contribution in [-0.4, -0.2) is 0 Å². The maximum atomic E-state index is 6.36. The van der Waals surface area contributed by atoms with E-state index in [9.17, 15) is 0 Å². The van der Waals surface area contributed by atoms with E-state index in [0.29, 0.717) is 0 Å². The molecule has 6 aromatic carbocycles. The van der Waals surface area contributed by atoms with Gasteiger partial charge in [-0.05, 0) is 73.5 Å². The molecule has 0 amide bonds. The molecule has 0 aliphatic heterocycles. The molecule has 0 nitrogen and oxygen atoms in total. The monoisotopic (exact) mass is 466 g/mol. The highest BCUT2D eigenvalue weighted by Crippen LogP contribution is 2.40. The highest BCUT2D eigenvalue weighted by Gasteiger charge is 2.14. The smallest absolute Gasteiger partial charge is 0.0412 e. The van der Waals surface area contributed by atoms with Gasteiger partial charge in [0, 0.05) is 5.02 Å². The predicted molar refractivity (Wildman–Crippen MR) is 151 cm³/mol. The van der Waals surface area contributed by atoms with Crippen molar-refractivity contribution in [2.75, 3.05) is 0 Å². The summed E-state index contributed by atoms with van der Waals surface area (Å²) in [6.45, 7) is 0. The molecule has 0 aliphatic rings. The first kappa shape index (κ1) is 21.4. The van der Waals surface area contributed by atoms with Gasteiger partial charge in [0.15, 0.2) is 0 Å². The van der Waals surface area contributed by atoms with E-state index in [1.165, 1.54) is 49.7 Å². The number of rotatable bonds is 4. The van der Waals surface area contributed by atoms with Crippen LogP contribution in [0.15, 0.2) is 140 Å². The summed E-state index contributed by atoms with van der Waals surface area (Å²) in [5.74, 6) is 0. The quantitative estimate of drug-likeness (QED) is 0.242. The van der Waals surface area contributed by atoms with Crippen molar-refractivity contribution in [1.82, 2.24) is 0 Å². The van der Waals surface area contributed by atoms with Gasteiger partial charge in [-0.2, -0.15) is 0 Å². The van der Waals surface area contributed by atoms with E-state index in [1.54, 1.807) is 0 Å². The van der Waals surface area contributed by atoms with Gasteiger partial charge >= 0.3 is 0 Å². The molecule has 0 saturated carbocycles. The highest BCUT2D eigenvalue weighted by molar-refractivity contribution is 6.30. The summed E-state index contributed by atoms with van der Waals surface area (Å²) >= 11 is 6.36. The van der Waals surface area contributed by atoms with E-state index in [0.717, 1.165) is 10.6 Å². The topological polar surface area (TPSA) is 0 Å². The molecule has 1 heteroatoms. The molecule has 0 radical (unpaired) electrons. The Morgan fingerprint density at radius 1 is 0.343 bits per heavy atom. The first-order valence-corrected chi connectivity index (χ1v) is 12.2. The minimum atomic E-state index is 0.743. The Morgan fingerprint density at radius 2 is 0.886 bits per heavy atom. The Bertz CT molecular complexity index is 1630. The molecule has 0 heterocycles. The molecule has 35 heavy (non-hydrogen) atoms. The van der Waals surface area contributed by atoms with Crippen LogP contribution in [0.25, 0.3) is 55.3 Å². The molecule has 0 N–H and O–H groups in total. The summed E-state index contributed by atoms with van der Waals surface area (Å²) in [5.41, 5.74) is 9.58. The van der Waals surface area contributed by atoms with Gasteiger partial charge in [-0.15, -0.1) is 0 Å². The van der Waals surface area contributed by atoms with Crippen LogP contribution in [0.2, 0.25) is 5.02 Å². The zero-order valence-corrected chi connectivity index (χ0v) is 19.9. The molecule has 0 aromatic heterocycles. The third-order valence-corrected chi connectivity index (χ3v) is 6.78. The van der Waals surface area contributed by atoms with Gasteiger partial charge in [-0.3, -0.25) is 0 Å². The van der Waals surface area contributed by atoms with Gasteiger partial charge in [0.05, 0.1) is 0 Å². The summed E-state index contributed by atoms with van der Waals surface area (Å²) in [7, 11) is 0. The maximum Gasteiger partial charge on any atom is 0.0412 e. The molecule has 6 aromatic rings. The van der Waals surface area contributed by atoms with Gasteiger partial charge < -0.3 is 0 Å². The van der Waals surface area contributed by atoms with Crippen molar-refractivity contribution < 1.29 is 0 Å². The molecule has 0 atom stereocenters. The van der Waals surface area contributed by atoms with Crippen LogP contribution in [0.3, 0.4) is 0 Å². The van der Waals surface area contributed by atoms with Crippen molar-refractivity contribution in [3.63, 3.8) is 0 Å². The van der Waals surface area contributed by atoms with Crippen molar-refractivity contribution in [3.8, 4) is 44.5 Å².